The van der Waals surface area contributed by atoms with Gasteiger partial charge in [-0.25, -0.2) is 13.1 Å². The van der Waals surface area contributed by atoms with Crippen molar-refractivity contribution >= 4 is 21.4 Å². The first-order chi connectivity index (χ1) is 9.10. The number of thiophene rings is 1. The fraction of sp³-hybridized carbons (Fsp3) is 0.545. The molecule has 0 fully saturated rings. The predicted octanol–water partition coefficient (Wildman–Crippen LogP) is 0.951. The van der Waals surface area contributed by atoms with Gasteiger partial charge in [-0.2, -0.15) is 5.26 Å². The average Bonchev–Trinajstić information content (AvgIpc) is 2.87. The van der Waals surface area contributed by atoms with Crippen LogP contribution in [0.1, 0.15) is 11.3 Å². The molecule has 0 amide bonds. The predicted molar refractivity (Wildman–Crippen MR) is 71.5 cm³/mol. The minimum absolute atomic E-state index is 0.157. The van der Waals surface area contributed by atoms with Crippen LogP contribution >= 0.6 is 11.3 Å². The zero-order valence-corrected chi connectivity index (χ0v) is 12.2. The molecule has 0 aliphatic carbocycles. The molecule has 0 saturated heterocycles. The highest BCUT2D eigenvalue weighted by molar-refractivity contribution is 7.91. The SMILES string of the molecule is COCCOCCCNS(=O)(=O)c1ccc(C#N)s1. The second-order valence-electron chi connectivity index (χ2n) is 3.59. The summed E-state index contributed by atoms with van der Waals surface area (Å²) < 4.78 is 36.3. The van der Waals surface area contributed by atoms with Crippen LogP contribution in [0.5, 0.6) is 0 Å². The minimum atomic E-state index is -3.51. The van der Waals surface area contributed by atoms with Crippen LogP contribution in [0.4, 0.5) is 0 Å². The molecule has 1 aromatic rings. The number of ether oxygens (including phenoxy) is 2. The van der Waals surface area contributed by atoms with E-state index in [1.807, 2.05) is 6.07 Å². The molecular formula is C11H16N2O4S2. The molecule has 0 unspecified atom stereocenters. The second kappa shape index (κ2) is 8.24. The van der Waals surface area contributed by atoms with Crippen LogP contribution in [-0.2, 0) is 19.5 Å². The Hall–Kier alpha value is -0.980. The van der Waals surface area contributed by atoms with Crippen LogP contribution in [-0.4, -0.2) is 41.9 Å². The van der Waals surface area contributed by atoms with Gasteiger partial charge in [0.15, 0.2) is 0 Å². The largest absolute Gasteiger partial charge is 0.382 e. The van der Waals surface area contributed by atoms with Gasteiger partial charge < -0.3 is 9.47 Å². The zero-order valence-electron chi connectivity index (χ0n) is 10.6. The molecule has 0 aliphatic rings. The first-order valence-electron chi connectivity index (χ1n) is 5.66. The Balaban J connectivity index is 2.30. The van der Waals surface area contributed by atoms with Crippen LogP contribution in [0.2, 0.25) is 0 Å². The van der Waals surface area contributed by atoms with Gasteiger partial charge in [-0.15, -0.1) is 11.3 Å². The molecule has 0 aliphatic heterocycles. The summed E-state index contributed by atoms with van der Waals surface area (Å²) in [5, 5.41) is 8.65. The van der Waals surface area contributed by atoms with E-state index in [2.05, 4.69) is 4.72 Å². The smallest absolute Gasteiger partial charge is 0.250 e. The third kappa shape index (κ3) is 5.67. The van der Waals surface area contributed by atoms with Crippen LogP contribution in [0.3, 0.4) is 0 Å². The van der Waals surface area contributed by atoms with Gasteiger partial charge in [0, 0.05) is 20.3 Å². The molecule has 1 rings (SSSR count). The Labute approximate surface area is 117 Å². The van der Waals surface area contributed by atoms with Crippen molar-refractivity contribution in [2.24, 2.45) is 0 Å². The number of methoxy groups -OCH3 is 1. The number of hydrogen-bond donors (Lipinski definition) is 1. The minimum Gasteiger partial charge on any atom is -0.382 e. The highest BCUT2D eigenvalue weighted by Crippen LogP contribution is 2.20. The fourth-order valence-corrected chi connectivity index (χ4v) is 3.44. The summed E-state index contributed by atoms with van der Waals surface area (Å²) in [7, 11) is -1.92. The van der Waals surface area contributed by atoms with E-state index in [-0.39, 0.29) is 4.21 Å². The highest BCUT2D eigenvalue weighted by atomic mass is 32.2. The van der Waals surface area contributed by atoms with Crippen LogP contribution in [0, 0.1) is 11.3 Å². The third-order valence-corrected chi connectivity index (χ3v) is 5.09. The lowest BCUT2D eigenvalue weighted by atomic mass is 10.5. The molecule has 0 spiro atoms. The van der Waals surface area contributed by atoms with Gasteiger partial charge in [0.05, 0.1) is 13.2 Å². The van der Waals surface area contributed by atoms with Gasteiger partial charge >= 0.3 is 0 Å². The summed E-state index contributed by atoms with van der Waals surface area (Å²) in [6, 6.07) is 4.83. The maximum Gasteiger partial charge on any atom is 0.250 e. The fourth-order valence-electron chi connectivity index (χ4n) is 1.22. The Bertz CT molecular complexity index is 519. The Morgan fingerprint density at radius 1 is 1.37 bits per heavy atom. The van der Waals surface area contributed by atoms with Crippen molar-refractivity contribution in [1.29, 1.82) is 5.26 Å². The molecule has 0 bridgehead atoms. The summed E-state index contributed by atoms with van der Waals surface area (Å²) in [4.78, 5) is 0.378. The summed E-state index contributed by atoms with van der Waals surface area (Å²) in [5.41, 5.74) is 0. The van der Waals surface area contributed by atoms with Crippen LogP contribution in [0.25, 0.3) is 0 Å². The molecule has 0 aromatic carbocycles. The van der Waals surface area contributed by atoms with Crippen molar-refractivity contribution in [3.8, 4) is 6.07 Å². The Kier molecular flexibility index (Phi) is 6.97. The molecule has 6 nitrogen and oxygen atoms in total. The van der Waals surface area contributed by atoms with Crippen molar-refractivity contribution < 1.29 is 17.9 Å². The van der Waals surface area contributed by atoms with Gasteiger partial charge in [-0.05, 0) is 18.6 Å². The quantitative estimate of drug-likeness (QED) is 0.686. The number of nitrogens with one attached hydrogen (secondary N) is 1. The normalized spacial score (nSPS) is 11.4. The van der Waals surface area contributed by atoms with E-state index in [0.29, 0.717) is 37.7 Å². The van der Waals surface area contributed by atoms with E-state index in [1.165, 1.54) is 12.1 Å². The Morgan fingerprint density at radius 3 is 2.79 bits per heavy atom. The van der Waals surface area contributed by atoms with E-state index < -0.39 is 10.0 Å². The second-order valence-corrected chi connectivity index (χ2v) is 6.66. The average molecular weight is 304 g/mol. The number of nitrogens with zero attached hydrogens (tertiary/aromatic N) is 1. The molecule has 0 radical (unpaired) electrons. The monoisotopic (exact) mass is 304 g/mol. The lowest BCUT2D eigenvalue weighted by Gasteiger charge is -2.05. The summed E-state index contributed by atoms with van der Waals surface area (Å²) >= 11 is 0.955. The van der Waals surface area contributed by atoms with E-state index in [0.717, 1.165) is 11.3 Å². The number of hydrogen-bond acceptors (Lipinski definition) is 6. The van der Waals surface area contributed by atoms with Crippen LogP contribution < -0.4 is 4.72 Å². The highest BCUT2D eigenvalue weighted by Gasteiger charge is 2.15. The van der Waals surface area contributed by atoms with Crippen LogP contribution in [0.15, 0.2) is 16.3 Å². The maximum atomic E-state index is 11.8. The maximum absolute atomic E-state index is 11.8. The van der Waals surface area contributed by atoms with E-state index in [4.69, 9.17) is 14.7 Å². The van der Waals surface area contributed by atoms with E-state index in [9.17, 15) is 8.42 Å². The molecule has 1 N–H and O–H groups in total. The first kappa shape index (κ1) is 16.1. The number of nitriles is 1. The number of sulfonamides is 1. The van der Waals surface area contributed by atoms with Gasteiger partial charge in [-0.3, -0.25) is 0 Å². The molecular weight excluding hydrogens is 288 g/mol. The van der Waals surface area contributed by atoms with Crippen molar-refractivity contribution in [1.82, 2.24) is 4.72 Å². The molecule has 19 heavy (non-hydrogen) atoms. The standard InChI is InChI=1S/C11H16N2O4S2/c1-16-7-8-17-6-2-5-13-19(14,15)11-4-3-10(9-12)18-11/h3-4,13H,2,5-8H2,1H3. The van der Waals surface area contributed by atoms with Gasteiger partial charge in [0.2, 0.25) is 10.0 Å². The van der Waals surface area contributed by atoms with Gasteiger partial charge in [-0.1, -0.05) is 0 Å². The molecule has 8 heteroatoms. The number of rotatable bonds is 9. The van der Waals surface area contributed by atoms with Gasteiger partial charge in [0.25, 0.3) is 0 Å². The van der Waals surface area contributed by atoms with Crippen molar-refractivity contribution in [2.75, 3.05) is 33.5 Å². The van der Waals surface area contributed by atoms with E-state index >= 15 is 0 Å². The first-order valence-corrected chi connectivity index (χ1v) is 7.96. The lowest BCUT2D eigenvalue weighted by Crippen LogP contribution is -2.25. The molecule has 1 aromatic heterocycles. The lowest BCUT2D eigenvalue weighted by molar-refractivity contribution is 0.0699. The van der Waals surface area contributed by atoms with Crippen molar-refractivity contribution in [3.63, 3.8) is 0 Å². The Morgan fingerprint density at radius 2 is 2.16 bits per heavy atom. The summed E-state index contributed by atoms with van der Waals surface area (Å²) in [6.07, 6.45) is 0.583. The zero-order chi connectivity index (χ0) is 14.1. The third-order valence-electron chi connectivity index (χ3n) is 2.15. The molecule has 0 saturated carbocycles. The summed E-state index contributed by atoms with van der Waals surface area (Å²) in [5.74, 6) is 0. The molecule has 0 atom stereocenters. The topological polar surface area (TPSA) is 88.4 Å². The molecule has 1 heterocycles. The van der Waals surface area contributed by atoms with E-state index in [1.54, 1.807) is 7.11 Å². The van der Waals surface area contributed by atoms with Crippen molar-refractivity contribution in [2.45, 2.75) is 10.6 Å². The van der Waals surface area contributed by atoms with Crippen molar-refractivity contribution in [3.05, 3.63) is 17.0 Å². The van der Waals surface area contributed by atoms with Gasteiger partial charge in [0.1, 0.15) is 15.2 Å². The molecule has 106 valence electrons. The summed E-state index contributed by atoms with van der Waals surface area (Å²) in [6.45, 7) is 1.80.